The summed E-state index contributed by atoms with van der Waals surface area (Å²) in [7, 11) is 0. The zero-order valence-corrected chi connectivity index (χ0v) is 18.6. The fourth-order valence-electron chi connectivity index (χ4n) is 3.74. The summed E-state index contributed by atoms with van der Waals surface area (Å²) in [4.78, 5) is 24.0. The minimum atomic E-state index is -0.563. The first kappa shape index (κ1) is 24.1. The monoisotopic (exact) mass is 421 g/mol. The summed E-state index contributed by atoms with van der Waals surface area (Å²) < 4.78 is 18.1. The van der Waals surface area contributed by atoms with E-state index in [2.05, 4.69) is 16.0 Å². The fourth-order valence-corrected chi connectivity index (χ4v) is 3.74. The number of hydrogen-bond acceptors (Lipinski definition) is 4. The number of amides is 2. The molecule has 0 bridgehead atoms. The van der Waals surface area contributed by atoms with Gasteiger partial charge in [-0.1, -0.05) is 6.07 Å². The van der Waals surface area contributed by atoms with E-state index in [0.717, 1.165) is 31.2 Å². The van der Waals surface area contributed by atoms with Gasteiger partial charge in [-0.25, -0.2) is 9.18 Å². The lowest BCUT2D eigenvalue weighted by molar-refractivity contribution is 0.0527. The van der Waals surface area contributed by atoms with Crippen molar-refractivity contribution in [1.82, 2.24) is 16.0 Å². The van der Waals surface area contributed by atoms with Gasteiger partial charge in [0.05, 0.1) is 0 Å². The molecule has 6 nitrogen and oxygen atoms in total. The first-order valence-electron chi connectivity index (χ1n) is 10.8. The molecular weight excluding hydrogens is 385 g/mol. The van der Waals surface area contributed by atoms with Crippen LogP contribution in [0.5, 0.6) is 0 Å². The van der Waals surface area contributed by atoms with Crippen LogP contribution in [0.3, 0.4) is 0 Å². The number of carbonyl (C=O) groups excluding carboxylic acids is 2. The van der Waals surface area contributed by atoms with E-state index >= 15 is 0 Å². The van der Waals surface area contributed by atoms with Crippen molar-refractivity contribution in [2.45, 2.75) is 71.7 Å². The second-order valence-corrected chi connectivity index (χ2v) is 9.15. The molecule has 3 N–H and O–H groups in total. The van der Waals surface area contributed by atoms with Crippen molar-refractivity contribution < 1.29 is 18.7 Å². The Labute approximate surface area is 179 Å². The molecule has 0 radical (unpaired) electrons. The number of carbonyl (C=O) groups is 2. The maximum Gasteiger partial charge on any atom is 0.407 e. The van der Waals surface area contributed by atoms with Gasteiger partial charge in [-0.15, -0.1) is 0 Å². The largest absolute Gasteiger partial charge is 0.444 e. The first-order valence-corrected chi connectivity index (χ1v) is 10.8. The summed E-state index contributed by atoms with van der Waals surface area (Å²) in [5.41, 5.74) is 1.46. The molecule has 0 unspecified atom stereocenters. The third-order valence-corrected chi connectivity index (χ3v) is 5.18. The normalized spacial score (nSPS) is 19.2. The Balaban J connectivity index is 1.62. The van der Waals surface area contributed by atoms with Gasteiger partial charge in [0.25, 0.3) is 5.91 Å². The quantitative estimate of drug-likeness (QED) is 0.557. The highest BCUT2D eigenvalue weighted by Gasteiger charge is 2.22. The summed E-state index contributed by atoms with van der Waals surface area (Å²) in [5.74, 6) is 0.319. The number of rotatable bonds is 8. The van der Waals surface area contributed by atoms with Crippen LogP contribution in [0, 0.1) is 12.8 Å². The topological polar surface area (TPSA) is 79.5 Å². The molecule has 0 atom stereocenters. The Morgan fingerprint density at radius 2 is 1.77 bits per heavy atom. The van der Waals surface area contributed by atoms with E-state index < -0.39 is 18.4 Å². The average molecular weight is 422 g/mol. The molecule has 2 amide bonds. The molecule has 30 heavy (non-hydrogen) atoms. The van der Waals surface area contributed by atoms with E-state index in [1.54, 1.807) is 18.2 Å². The molecular formula is C23H36FN3O3. The van der Waals surface area contributed by atoms with Crippen LogP contribution in [0.15, 0.2) is 18.2 Å². The number of benzene rings is 1. The second kappa shape index (κ2) is 11.3. The number of nitrogens with one attached hydrogen (secondary N) is 3. The minimum absolute atomic E-state index is 0.137. The molecule has 0 aliphatic heterocycles. The van der Waals surface area contributed by atoms with Crippen molar-refractivity contribution in [2.75, 3.05) is 19.6 Å². The summed E-state index contributed by atoms with van der Waals surface area (Å²) in [6.07, 6.45) is 3.78. The molecule has 0 aromatic heterocycles. The molecule has 1 aliphatic carbocycles. The maximum absolute atomic E-state index is 12.9. The van der Waals surface area contributed by atoms with Crippen LogP contribution in [-0.4, -0.2) is 43.3 Å². The van der Waals surface area contributed by atoms with E-state index in [-0.39, 0.29) is 5.91 Å². The smallest absolute Gasteiger partial charge is 0.407 e. The SMILES string of the molecule is Cc1cc(CF)cc(C(=O)NCC2CCC(NCCNC(=O)OC(C)(C)C)CC2)c1. The van der Waals surface area contributed by atoms with Crippen LogP contribution >= 0.6 is 0 Å². The van der Waals surface area contributed by atoms with Gasteiger partial charge in [0.2, 0.25) is 0 Å². The van der Waals surface area contributed by atoms with Crippen LogP contribution in [0.25, 0.3) is 0 Å². The third-order valence-electron chi connectivity index (χ3n) is 5.18. The van der Waals surface area contributed by atoms with E-state index in [4.69, 9.17) is 4.74 Å². The van der Waals surface area contributed by atoms with Crippen LogP contribution in [-0.2, 0) is 11.4 Å². The number of alkyl halides is 1. The number of ether oxygens (including phenoxy) is 1. The summed E-state index contributed by atoms with van der Waals surface area (Å²) in [6.45, 7) is 8.71. The van der Waals surface area contributed by atoms with Gasteiger partial charge in [0, 0.05) is 31.2 Å². The second-order valence-electron chi connectivity index (χ2n) is 9.15. The highest BCUT2D eigenvalue weighted by atomic mass is 19.1. The minimum Gasteiger partial charge on any atom is -0.444 e. The highest BCUT2D eigenvalue weighted by molar-refractivity contribution is 5.94. The predicted octanol–water partition coefficient (Wildman–Crippen LogP) is 3.87. The Bertz CT molecular complexity index is 710. The molecule has 1 saturated carbocycles. The molecule has 2 rings (SSSR count). The Hall–Kier alpha value is -2.15. The van der Waals surface area contributed by atoms with Gasteiger partial charge < -0.3 is 20.7 Å². The van der Waals surface area contributed by atoms with Crippen molar-refractivity contribution in [3.63, 3.8) is 0 Å². The number of alkyl carbamates (subject to hydrolysis) is 1. The van der Waals surface area contributed by atoms with Gasteiger partial charge in [-0.3, -0.25) is 4.79 Å². The number of hydrogen-bond donors (Lipinski definition) is 3. The summed E-state index contributed by atoms with van der Waals surface area (Å²) >= 11 is 0. The van der Waals surface area contributed by atoms with Crippen molar-refractivity contribution >= 4 is 12.0 Å². The molecule has 0 heterocycles. The predicted molar refractivity (Wildman–Crippen MR) is 116 cm³/mol. The summed E-state index contributed by atoms with van der Waals surface area (Å²) in [5, 5.41) is 9.23. The van der Waals surface area contributed by atoms with E-state index in [0.29, 0.717) is 42.7 Å². The van der Waals surface area contributed by atoms with E-state index in [1.807, 2.05) is 27.7 Å². The van der Waals surface area contributed by atoms with E-state index in [1.165, 1.54) is 0 Å². The van der Waals surface area contributed by atoms with Crippen molar-refractivity contribution in [2.24, 2.45) is 5.92 Å². The molecule has 1 aromatic rings. The zero-order valence-electron chi connectivity index (χ0n) is 18.6. The van der Waals surface area contributed by atoms with Crippen LogP contribution in [0.4, 0.5) is 9.18 Å². The van der Waals surface area contributed by atoms with Crippen LogP contribution < -0.4 is 16.0 Å². The van der Waals surface area contributed by atoms with Crippen LogP contribution in [0.1, 0.15) is 67.9 Å². The van der Waals surface area contributed by atoms with Gasteiger partial charge in [0.15, 0.2) is 0 Å². The Morgan fingerprint density at radius 1 is 1.07 bits per heavy atom. The maximum atomic E-state index is 12.9. The van der Waals surface area contributed by atoms with Crippen molar-refractivity contribution in [1.29, 1.82) is 0 Å². The Kier molecular flexibility index (Phi) is 9.08. The van der Waals surface area contributed by atoms with E-state index in [9.17, 15) is 14.0 Å². The lowest BCUT2D eigenvalue weighted by Gasteiger charge is -2.29. The third kappa shape index (κ3) is 8.69. The summed E-state index contributed by atoms with van der Waals surface area (Å²) in [6, 6.07) is 5.60. The average Bonchev–Trinajstić information content (AvgIpc) is 2.68. The first-order chi connectivity index (χ1) is 14.2. The molecule has 0 saturated heterocycles. The Morgan fingerprint density at radius 3 is 2.40 bits per heavy atom. The zero-order chi connectivity index (χ0) is 22.1. The van der Waals surface area contributed by atoms with Crippen molar-refractivity contribution in [3.05, 3.63) is 34.9 Å². The lowest BCUT2D eigenvalue weighted by Crippen LogP contribution is -2.41. The van der Waals surface area contributed by atoms with Crippen LogP contribution in [0.2, 0.25) is 0 Å². The molecule has 1 fully saturated rings. The number of aryl methyl sites for hydroxylation is 1. The van der Waals surface area contributed by atoms with Gasteiger partial charge >= 0.3 is 6.09 Å². The molecule has 7 heteroatoms. The standard InChI is InChI=1S/C23H36FN3O3/c1-16-11-18(14-24)13-19(12-16)21(28)27-15-17-5-7-20(8-6-17)25-9-10-26-22(29)30-23(2,3)4/h11-13,17,20,25H,5-10,14-15H2,1-4H3,(H,26,29)(H,27,28). The lowest BCUT2D eigenvalue weighted by atomic mass is 9.86. The fraction of sp³-hybridized carbons (Fsp3) is 0.652. The molecule has 0 spiro atoms. The van der Waals surface area contributed by atoms with Crippen molar-refractivity contribution in [3.8, 4) is 0 Å². The molecule has 1 aromatic carbocycles. The van der Waals surface area contributed by atoms with Gasteiger partial charge in [-0.05, 0) is 82.6 Å². The highest BCUT2D eigenvalue weighted by Crippen LogP contribution is 2.23. The molecule has 168 valence electrons. The van der Waals surface area contributed by atoms with Gasteiger partial charge in [0.1, 0.15) is 12.3 Å². The number of halogens is 1. The van der Waals surface area contributed by atoms with Gasteiger partial charge in [-0.2, -0.15) is 0 Å². The molecule has 1 aliphatic rings.